The van der Waals surface area contributed by atoms with Crippen molar-refractivity contribution >= 4 is 13.8 Å². The van der Waals surface area contributed by atoms with E-state index in [1.807, 2.05) is 0 Å². The lowest BCUT2D eigenvalue weighted by Crippen LogP contribution is -2.08. The van der Waals surface area contributed by atoms with Crippen LogP contribution in [-0.4, -0.2) is 27.0 Å². The van der Waals surface area contributed by atoms with E-state index in [2.05, 4.69) is 24.9 Å². The molecule has 0 fully saturated rings. The first-order chi connectivity index (χ1) is 6.45. The Kier molecular flexibility index (Phi) is 5.64. The van der Waals surface area contributed by atoms with Gasteiger partial charge in [-0.15, -0.1) is 0 Å². The van der Waals surface area contributed by atoms with E-state index >= 15 is 0 Å². The lowest BCUT2D eigenvalue weighted by atomic mass is 10.4. The number of rotatable bonds is 6. The average molecular weight is 224 g/mol. The molecule has 0 saturated carbocycles. The van der Waals surface area contributed by atoms with E-state index in [0.717, 1.165) is 14.2 Å². The summed E-state index contributed by atoms with van der Waals surface area (Å²) in [5, 5.41) is 0. The topological polar surface area (TPSA) is 71.1 Å². The number of carbonyl (C=O) groups is 1. The number of carbonyl (C=O) groups excluding carboxylic acids is 1. The Morgan fingerprint density at radius 1 is 1.36 bits per heavy atom. The van der Waals surface area contributed by atoms with Gasteiger partial charge in [-0.3, -0.25) is 9.05 Å². The molecule has 0 atom stereocenters. The van der Waals surface area contributed by atoms with Gasteiger partial charge in [-0.05, 0) is 6.92 Å². The molecule has 0 aliphatic carbocycles. The van der Waals surface area contributed by atoms with Crippen molar-refractivity contribution in [1.82, 2.24) is 0 Å². The molecule has 0 aliphatic heterocycles. The molecule has 0 saturated heterocycles. The summed E-state index contributed by atoms with van der Waals surface area (Å²) in [7, 11) is -1.26. The molecule has 0 bridgehead atoms. The molecule has 0 aromatic carbocycles. The van der Waals surface area contributed by atoms with Crippen LogP contribution in [0.1, 0.15) is 6.92 Å². The number of esters is 1. The van der Waals surface area contributed by atoms with Crippen LogP contribution in [-0.2, 0) is 27.7 Å². The highest BCUT2D eigenvalue weighted by atomic mass is 31.2. The molecule has 0 N–H and O–H groups in total. The van der Waals surface area contributed by atoms with Crippen LogP contribution >= 0.6 is 7.82 Å². The lowest BCUT2D eigenvalue weighted by Gasteiger charge is -2.12. The first kappa shape index (κ1) is 13.3. The molecule has 0 radical (unpaired) electrons. The summed E-state index contributed by atoms with van der Waals surface area (Å²) in [4.78, 5) is 10.8. The van der Waals surface area contributed by atoms with Gasteiger partial charge in [0.25, 0.3) is 0 Å². The SMILES string of the molecule is C=C(C)C(=O)OCOP(=O)(OC)OC. The highest BCUT2D eigenvalue weighted by molar-refractivity contribution is 7.48. The van der Waals surface area contributed by atoms with Crippen LogP contribution < -0.4 is 0 Å². The van der Waals surface area contributed by atoms with Gasteiger partial charge in [0.15, 0.2) is 0 Å². The summed E-state index contributed by atoms with van der Waals surface area (Å²) in [6.45, 7) is 4.32. The minimum Gasteiger partial charge on any atom is -0.435 e. The van der Waals surface area contributed by atoms with E-state index in [9.17, 15) is 9.36 Å². The van der Waals surface area contributed by atoms with Gasteiger partial charge in [-0.25, -0.2) is 13.9 Å². The second kappa shape index (κ2) is 5.93. The zero-order valence-corrected chi connectivity index (χ0v) is 9.21. The van der Waals surface area contributed by atoms with Crippen LogP contribution in [0, 0.1) is 0 Å². The van der Waals surface area contributed by atoms with Gasteiger partial charge in [-0.1, -0.05) is 6.58 Å². The number of hydrogen-bond donors (Lipinski definition) is 0. The summed E-state index contributed by atoms with van der Waals surface area (Å²) in [6.07, 6.45) is 0. The fourth-order valence-corrected chi connectivity index (χ4v) is 0.989. The van der Waals surface area contributed by atoms with Crippen molar-refractivity contribution in [3.05, 3.63) is 12.2 Å². The third kappa shape index (κ3) is 4.53. The molecule has 0 heterocycles. The van der Waals surface area contributed by atoms with Crippen molar-refractivity contribution in [3.8, 4) is 0 Å². The second-order valence-corrected chi connectivity index (χ2v) is 4.15. The molecule has 0 unspecified atom stereocenters. The largest absolute Gasteiger partial charge is 0.477 e. The Balaban J connectivity index is 3.90. The fourth-order valence-electron chi connectivity index (χ4n) is 0.448. The number of hydrogen-bond acceptors (Lipinski definition) is 6. The average Bonchev–Trinajstić information content (AvgIpc) is 2.17. The van der Waals surface area contributed by atoms with Crippen LogP contribution in [0.2, 0.25) is 0 Å². The van der Waals surface area contributed by atoms with Gasteiger partial charge in [0, 0.05) is 19.8 Å². The van der Waals surface area contributed by atoms with E-state index in [4.69, 9.17) is 0 Å². The predicted molar refractivity (Wildman–Crippen MR) is 48.5 cm³/mol. The maximum Gasteiger partial charge on any atom is 0.477 e. The zero-order chi connectivity index (χ0) is 11.2. The second-order valence-electron chi connectivity index (χ2n) is 2.27. The fraction of sp³-hybridized carbons (Fsp3) is 0.571. The van der Waals surface area contributed by atoms with E-state index in [1.165, 1.54) is 6.92 Å². The molecule has 82 valence electrons. The maximum atomic E-state index is 11.2. The minimum atomic E-state index is -3.57. The van der Waals surface area contributed by atoms with Gasteiger partial charge in [-0.2, -0.15) is 0 Å². The quantitative estimate of drug-likeness (QED) is 0.294. The normalized spacial score (nSPS) is 11.1. The van der Waals surface area contributed by atoms with Crippen molar-refractivity contribution in [2.45, 2.75) is 6.92 Å². The van der Waals surface area contributed by atoms with Gasteiger partial charge < -0.3 is 4.74 Å². The van der Waals surface area contributed by atoms with Crippen molar-refractivity contribution < 1.29 is 27.7 Å². The van der Waals surface area contributed by atoms with Crippen LogP contribution in [0.3, 0.4) is 0 Å². The van der Waals surface area contributed by atoms with E-state index in [1.54, 1.807) is 0 Å². The van der Waals surface area contributed by atoms with Crippen LogP contribution in [0.15, 0.2) is 12.2 Å². The molecule has 0 amide bonds. The third-order valence-electron chi connectivity index (χ3n) is 1.20. The molecular formula is C7H13O6P. The van der Waals surface area contributed by atoms with E-state index < -0.39 is 20.6 Å². The molecule has 0 rings (SSSR count). The maximum absolute atomic E-state index is 11.2. The van der Waals surface area contributed by atoms with Crippen molar-refractivity contribution in [2.24, 2.45) is 0 Å². The van der Waals surface area contributed by atoms with Crippen LogP contribution in [0.25, 0.3) is 0 Å². The van der Waals surface area contributed by atoms with Crippen molar-refractivity contribution in [3.63, 3.8) is 0 Å². The van der Waals surface area contributed by atoms with E-state index in [0.29, 0.717) is 0 Å². The van der Waals surface area contributed by atoms with Crippen molar-refractivity contribution in [2.75, 3.05) is 21.0 Å². The number of phosphoric acid groups is 1. The first-order valence-corrected chi connectivity index (χ1v) is 5.10. The summed E-state index contributed by atoms with van der Waals surface area (Å²) in [5.41, 5.74) is 0.221. The number of phosphoric ester groups is 1. The van der Waals surface area contributed by atoms with Gasteiger partial charge in [0.2, 0.25) is 6.79 Å². The third-order valence-corrected chi connectivity index (χ3v) is 2.51. The molecule has 14 heavy (non-hydrogen) atoms. The highest BCUT2D eigenvalue weighted by Crippen LogP contribution is 2.47. The Bertz CT molecular complexity index is 253. The summed E-state index contributed by atoms with van der Waals surface area (Å²) in [6, 6.07) is 0. The highest BCUT2D eigenvalue weighted by Gasteiger charge is 2.23. The zero-order valence-electron chi connectivity index (χ0n) is 8.31. The molecule has 6 nitrogen and oxygen atoms in total. The summed E-state index contributed by atoms with van der Waals surface area (Å²) in [5.74, 6) is -0.635. The lowest BCUT2D eigenvalue weighted by molar-refractivity contribution is -0.146. The van der Waals surface area contributed by atoms with Gasteiger partial charge in [0.05, 0.1) is 0 Å². The minimum absolute atomic E-state index is 0.221. The summed E-state index contributed by atoms with van der Waals surface area (Å²) < 4.78 is 29.2. The van der Waals surface area contributed by atoms with Crippen LogP contribution in [0.4, 0.5) is 0 Å². The number of ether oxygens (including phenoxy) is 1. The molecule has 0 spiro atoms. The van der Waals surface area contributed by atoms with Crippen molar-refractivity contribution in [1.29, 1.82) is 0 Å². The van der Waals surface area contributed by atoms with Gasteiger partial charge >= 0.3 is 13.8 Å². The molecule has 0 aliphatic rings. The molecule has 7 heteroatoms. The standard InChI is InChI=1S/C7H13O6P/c1-6(2)7(8)12-5-13-14(9,10-3)11-4/h1,5H2,2-4H3. The Morgan fingerprint density at radius 3 is 2.21 bits per heavy atom. The van der Waals surface area contributed by atoms with Gasteiger partial charge in [0.1, 0.15) is 0 Å². The molecule has 0 aromatic heterocycles. The van der Waals surface area contributed by atoms with E-state index in [-0.39, 0.29) is 5.57 Å². The monoisotopic (exact) mass is 224 g/mol. The smallest absolute Gasteiger partial charge is 0.435 e. The first-order valence-electron chi connectivity index (χ1n) is 3.64. The Hall–Kier alpha value is -0.680. The molecular weight excluding hydrogens is 211 g/mol. The Morgan fingerprint density at radius 2 is 1.86 bits per heavy atom. The summed E-state index contributed by atoms with van der Waals surface area (Å²) >= 11 is 0. The molecule has 0 aromatic rings. The predicted octanol–water partition coefficient (Wildman–Crippen LogP) is 1.48. The Labute approximate surface area is 82.4 Å². The van der Waals surface area contributed by atoms with Crippen LogP contribution in [0.5, 0.6) is 0 Å².